The van der Waals surface area contributed by atoms with Crippen LogP contribution in [0.4, 0.5) is 0 Å². The summed E-state index contributed by atoms with van der Waals surface area (Å²) in [5, 5.41) is 9.88. The highest BCUT2D eigenvalue weighted by Crippen LogP contribution is 2.23. The van der Waals surface area contributed by atoms with Gasteiger partial charge in [-0.3, -0.25) is 4.79 Å². The van der Waals surface area contributed by atoms with E-state index in [1.807, 2.05) is 36.5 Å². The van der Waals surface area contributed by atoms with Crippen LogP contribution in [0.3, 0.4) is 0 Å². The van der Waals surface area contributed by atoms with Crippen molar-refractivity contribution in [3.05, 3.63) is 42.1 Å². The molecule has 1 amide bonds. The number of aryl methyl sites for hydroxylation is 1. The van der Waals surface area contributed by atoms with Crippen LogP contribution < -0.4 is 0 Å². The van der Waals surface area contributed by atoms with Gasteiger partial charge in [-0.1, -0.05) is 18.2 Å². The van der Waals surface area contributed by atoms with Crippen molar-refractivity contribution in [2.75, 3.05) is 26.3 Å². The summed E-state index contributed by atoms with van der Waals surface area (Å²) in [4.78, 5) is 14.0. The number of aromatic nitrogens is 1. The molecule has 2 heterocycles. The van der Waals surface area contributed by atoms with Crippen molar-refractivity contribution in [2.24, 2.45) is 0 Å². The Labute approximate surface area is 135 Å². The molecule has 0 unspecified atom stereocenters. The lowest BCUT2D eigenvalue weighted by molar-refractivity contribution is -0.129. The van der Waals surface area contributed by atoms with Crippen molar-refractivity contribution in [2.45, 2.75) is 13.0 Å². The third-order valence-corrected chi connectivity index (χ3v) is 4.01. The van der Waals surface area contributed by atoms with Gasteiger partial charge in [0.15, 0.2) is 0 Å². The maximum absolute atomic E-state index is 12.2. The maximum atomic E-state index is 12.2. The first-order valence-corrected chi connectivity index (χ1v) is 7.79. The fraction of sp³-hybridized carbons (Fsp3) is 0.333. The van der Waals surface area contributed by atoms with Gasteiger partial charge in [-0.2, -0.15) is 5.26 Å². The summed E-state index contributed by atoms with van der Waals surface area (Å²) in [5.74, 6) is 0.0159. The first kappa shape index (κ1) is 15.3. The van der Waals surface area contributed by atoms with Crippen molar-refractivity contribution < 1.29 is 9.53 Å². The normalized spacial score (nSPS) is 15.2. The van der Waals surface area contributed by atoms with Crippen LogP contribution in [0, 0.1) is 11.3 Å². The van der Waals surface area contributed by atoms with Crippen LogP contribution in [-0.2, 0) is 16.1 Å². The van der Waals surface area contributed by atoms with E-state index in [2.05, 4.69) is 10.6 Å². The molecule has 5 nitrogen and oxygen atoms in total. The molecule has 1 aliphatic heterocycles. The second-order valence-electron chi connectivity index (χ2n) is 5.47. The van der Waals surface area contributed by atoms with E-state index in [0.717, 1.165) is 16.5 Å². The van der Waals surface area contributed by atoms with Crippen LogP contribution in [-0.4, -0.2) is 41.7 Å². The SMILES string of the molecule is N#CCCn1cc(C=CC(=O)N2CCOCC2)c2ccccc21. The van der Waals surface area contributed by atoms with Gasteiger partial charge in [-0.25, -0.2) is 0 Å². The van der Waals surface area contributed by atoms with E-state index in [-0.39, 0.29) is 5.91 Å². The number of carbonyl (C=O) groups excluding carboxylic acids is 1. The molecule has 23 heavy (non-hydrogen) atoms. The van der Waals surface area contributed by atoms with Gasteiger partial charge >= 0.3 is 0 Å². The van der Waals surface area contributed by atoms with Gasteiger partial charge in [0.05, 0.1) is 25.7 Å². The number of hydrogen-bond donors (Lipinski definition) is 0. The minimum absolute atomic E-state index is 0.0159. The minimum Gasteiger partial charge on any atom is -0.378 e. The Hall–Kier alpha value is -2.58. The van der Waals surface area contributed by atoms with Gasteiger partial charge in [0.25, 0.3) is 0 Å². The summed E-state index contributed by atoms with van der Waals surface area (Å²) in [7, 11) is 0. The van der Waals surface area contributed by atoms with Crippen LogP contribution in [0.5, 0.6) is 0 Å². The highest BCUT2D eigenvalue weighted by atomic mass is 16.5. The van der Waals surface area contributed by atoms with Gasteiger partial charge in [0, 0.05) is 48.4 Å². The fourth-order valence-corrected chi connectivity index (χ4v) is 2.81. The van der Waals surface area contributed by atoms with Crippen molar-refractivity contribution >= 4 is 22.9 Å². The molecular formula is C18H19N3O2. The van der Waals surface area contributed by atoms with Gasteiger partial charge in [-0.15, -0.1) is 0 Å². The lowest BCUT2D eigenvalue weighted by atomic mass is 10.1. The Balaban J connectivity index is 1.83. The van der Waals surface area contributed by atoms with Gasteiger partial charge in [-0.05, 0) is 12.1 Å². The molecule has 3 rings (SSSR count). The lowest BCUT2D eigenvalue weighted by Gasteiger charge is -2.25. The second-order valence-corrected chi connectivity index (χ2v) is 5.47. The number of rotatable bonds is 4. The molecule has 1 aliphatic rings. The third-order valence-electron chi connectivity index (χ3n) is 4.01. The zero-order valence-electron chi connectivity index (χ0n) is 12.9. The number of amides is 1. The molecule has 1 aromatic carbocycles. The molecular weight excluding hydrogens is 290 g/mol. The molecule has 2 aromatic rings. The second kappa shape index (κ2) is 7.12. The number of morpholine rings is 1. The van der Waals surface area contributed by atoms with Gasteiger partial charge in [0.1, 0.15) is 0 Å². The molecule has 1 fully saturated rings. The average Bonchev–Trinajstić information content (AvgIpc) is 2.96. The molecule has 0 atom stereocenters. The summed E-state index contributed by atoms with van der Waals surface area (Å²) < 4.78 is 7.33. The first-order valence-electron chi connectivity index (χ1n) is 7.79. The predicted molar refractivity (Wildman–Crippen MR) is 88.6 cm³/mol. The molecule has 0 aliphatic carbocycles. The van der Waals surface area contributed by atoms with E-state index in [1.54, 1.807) is 11.0 Å². The van der Waals surface area contributed by atoms with Crippen LogP contribution in [0.15, 0.2) is 36.5 Å². The number of para-hydroxylation sites is 1. The Morgan fingerprint density at radius 1 is 1.30 bits per heavy atom. The van der Waals surface area contributed by atoms with E-state index in [4.69, 9.17) is 10.00 Å². The summed E-state index contributed by atoms with van der Waals surface area (Å²) in [6.07, 6.45) is 5.96. The monoisotopic (exact) mass is 309 g/mol. The van der Waals surface area contributed by atoms with Crippen LogP contribution in [0.25, 0.3) is 17.0 Å². The molecule has 0 N–H and O–H groups in total. The van der Waals surface area contributed by atoms with Gasteiger partial charge < -0.3 is 14.2 Å². The van der Waals surface area contributed by atoms with Crippen LogP contribution >= 0.6 is 0 Å². The molecule has 1 saturated heterocycles. The highest BCUT2D eigenvalue weighted by Gasteiger charge is 2.14. The van der Waals surface area contributed by atoms with Gasteiger partial charge in [0.2, 0.25) is 5.91 Å². The number of benzene rings is 1. The van der Waals surface area contributed by atoms with E-state index >= 15 is 0 Å². The lowest BCUT2D eigenvalue weighted by Crippen LogP contribution is -2.39. The average molecular weight is 309 g/mol. The highest BCUT2D eigenvalue weighted by molar-refractivity contribution is 5.96. The summed E-state index contributed by atoms with van der Waals surface area (Å²) >= 11 is 0. The van der Waals surface area contributed by atoms with E-state index in [0.29, 0.717) is 39.3 Å². The van der Waals surface area contributed by atoms with E-state index in [9.17, 15) is 4.79 Å². The smallest absolute Gasteiger partial charge is 0.246 e. The fourth-order valence-electron chi connectivity index (χ4n) is 2.81. The molecule has 118 valence electrons. The standard InChI is InChI=1S/C18H19N3O2/c19-8-3-9-21-14-15(16-4-1-2-5-17(16)21)6-7-18(22)20-10-12-23-13-11-20/h1-2,4-7,14H,3,9-13H2. The Morgan fingerprint density at radius 3 is 2.87 bits per heavy atom. The number of nitriles is 1. The number of fused-ring (bicyclic) bond motifs is 1. The molecule has 1 aromatic heterocycles. The van der Waals surface area contributed by atoms with E-state index < -0.39 is 0 Å². The summed E-state index contributed by atoms with van der Waals surface area (Å²) in [6, 6.07) is 10.2. The molecule has 5 heteroatoms. The zero-order chi connectivity index (χ0) is 16.1. The van der Waals surface area contributed by atoms with Crippen LogP contribution in [0.1, 0.15) is 12.0 Å². The third kappa shape index (κ3) is 3.43. The number of ether oxygens (including phenoxy) is 1. The van der Waals surface area contributed by atoms with Crippen LogP contribution in [0.2, 0.25) is 0 Å². The molecule has 0 radical (unpaired) electrons. The Kier molecular flexibility index (Phi) is 4.74. The first-order chi connectivity index (χ1) is 11.3. The Bertz CT molecular complexity index is 764. The van der Waals surface area contributed by atoms with Crippen molar-refractivity contribution in [1.82, 2.24) is 9.47 Å². The Morgan fingerprint density at radius 2 is 2.09 bits per heavy atom. The summed E-state index contributed by atoms with van der Waals surface area (Å²) in [6.45, 7) is 3.16. The van der Waals surface area contributed by atoms with Crippen molar-refractivity contribution in [3.8, 4) is 6.07 Å². The maximum Gasteiger partial charge on any atom is 0.246 e. The van der Waals surface area contributed by atoms with E-state index in [1.165, 1.54) is 0 Å². The molecule has 0 saturated carbocycles. The van der Waals surface area contributed by atoms with Crippen molar-refractivity contribution in [3.63, 3.8) is 0 Å². The quantitative estimate of drug-likeness (QED) is 0.815. The number of hydrogen-bond acceptors (Lipinski definition) is 3. The minimum atomic E-state index is 0.0159. The predicted octanol–water partition coefficient (Wildman–Crippen LogP) is 2.43. The zero-order valence-corrected chi connectivity index (χ0v) is 12.9. The molecule has 0 spiro atoms. The number of carbonyl (C=O) groups is 1. The number of nitrogens with zero attached hydrogens (tertiary/aromatic N) is 3. The molecule has 0 bridgehead atoms. The van der Waals surface area contributed by atoms with Crippen molar-refractivity contribution in [1.29, 1.82) is 5.26 Å². The summed E-state index contributed by atoms with van der Waals surface area (Å²) in [5.41, 5.74) is 2.08. The topological polar surface area (TPSA) is 58.3 Å². The largest absolute Gasteiger partial charge is 0.378 e.